The molecule has 5 nitrogen and oxygen atoms in total. The highest BCUT2D eigenvalue weighted by Crippen LogP contribution is 2.33. The number of benzene rings is 2. The minimum Gasteiger partial charge on any atom is -0.478 e. The molecule has 0 spiro atoms. The number of aliphatic carboxylic acids is 1. The number of carbonyl (C=O) groups excluding carboxylic acids is 1. The molecule has 2 heterocycles. The number of fused-ring (bicyclic) bond motifs is 3. The first kappa shape index (κ1) is 17.0. The van der Waals surface area contributed by atoms with E-state index >= 15 is 0 Å². The third kappa shape index (κ3) is 2.89. The van der Waals surface area contributed by atoms with E-state index in [0.29, 0.717) is 17.7 Å². The van der Waals surface area contributed by atoms with E-state index in [0.717, 1.165) is 16.5 Å². The minimum absolute atomic E-state index is 0.0287. The molecule has 1 amide bonds. The van der Waals surface area contributed by atoms with Gasteiger partial charge in [0.2, 0.25) is 0 Å². The molecule has 1 aliphatic rings. The van der Waals surface area contributed by atoms with E-state index in [9.17, 15) is 19.1 Å². The molecule has 0 fully saturated rings. The second kappa shape index (κ2) is 6.39. The lowest BCUT2D eigenvalue weighted by Gasteiger charge is -2.25. The molecule has 1 atom stereocenters. The Morgan fingerprint density at radius 1 is 1.15 bits per heavy atom. The molecule has 6 heteroatoms. The van der Waals surface area contributed by atoms with Gasteiger partial charge < -0.3 is 15.0 Å². The van der Waals surface area contributed by atoms with Gasteiger partial charge in [0.05, 0.1) is 11.3 Å². The molecular formula is C21H17FN2O3. The average molecular weight is 364 g/mol. The number of nitrogens with one attached hydrogen (secondary N) is 1. The van der Waals surface area contributed by atoms with Gasteiger partial charge in [-0.25, -0.2) is 9.18 Å². The normalized spacial score (nSPS) is 16.6. The van der Waals surface area contributed by atoms with E-state index < -0.39 is 11.8 Å². The summed E-state index contributed by atoms with van der Waals surface area (Å²) in [6.45, 7) is 1.87. The summed E-state index contributed by atoms with van der Waals surface area (Å²) < 4.78 is 13.2. The van der Waals surface area contributed by atoms with E-state index in [1.165, 1.54) is 35.4 Å². The molecule has 1 aliphatic heterocycles. The van der Waals surface area contributed by atoms with E-state index in [1.54, 1.807) is 0 Å². The molecule has 4 rings (SSSR count). The maximum absolute atomic E-state index is 13.2. The molecule has 27 heavy (non-hydrogen) atoms. The zero-order chi connectivity index (χ0) is 19.1. The number of halogens is 1. The monoisotopic (exact) mass is 364 g/mol. The Morgan fingerprint density at radius 2 is 1.85 bits per heavy atom. The third-order valence-corrected chi connectivity index (χ3v) is 4.88. The predicted octanol–water partition coefficient (Wildman–Crippen LogP) is 3.82. The fourth-order valence-corrected chi connectivity index (χ4v) is 3.53. The van der Waals surface area contributed by atoms with Crippen molar-refractivity contribution < 1.29 is 19.1 Å². The van der Waals surface area contributed by atoms with Crippen LogP contribution in [0.3, 0.4) is 0 Å². The van der Waals surface area contributed by atoms with E-state index in [2.05, 4.69) is 4.98 Å². The van der Waals surface area contributed by atoms with Gasteiger partial charge in [0, 0.05) is 28.7 Å². The van der Waals surface area contributed by atoms with Gasteiger partial charge in [-0.05, 0) is 49.2 Å². The Labute approximate surface area is 154 Å². The highest BCUT2D eigenvalue weighted by molar-refractivity contribution is 6.17. The number of aromatic amines is 1. The van der Waals surface area contributed by atoms with Gasteiger partial charge in [0.15, 0.2) is 0 Å². The molecule has 0 saturated carbocycles. The Kier molecular flexibility index (Phi) is 4.03. The first-order chi connectivity index (χ1) is 13.0. The van der Waals surface area contributed by atoms with Crippen molar-refractivity contribution in [2.75, 3.05) is 0 Å². The smallest absolute Gasteiger partial charge is 0.339 e. The SMILES string of the molecule is CC1Cc2c([nH]c3ccccc23)C(C(=O)O)=CN1C(=O)c1ccc(F)cc1. The second-order valence-corrected chi connectivity index (χ2v) is 6.64. The van der Waals surface area contributed by atoms with Crippen LogP contribution >= 0.6 is 0 Å². The van der Waals surface area contributed by atoms with Crippen LogP contribution in [0.5, 0.6) is 0 Å². The molecule has 0 radical (unpaired) electrons. The summed E-state index contributed by atoms with van der Waals surface area (Å²) in [5.41, 5.74) is 2.59. The van der Waals surface area contributed by atoms with Gasteiger partial charge in [0.25, 0.3) is 5.91 Å². The van der Waals surface area contributed by atoms with Crippen LogP contribution in [0, 0.1) is 5.82 Å². The Balaban J connectivity index is 1.83. The van der Waals surface area contributed by atoms with Gasteiger partial charge >= 0.3 is 5.97 Å². The number of H-pyrrole nitrogens is 1. The highest BCUT2D eigenvalue weighted by atomic mass is 19.1. The molecule has 0 aliphatic carbocycles. The number of nitrogens with zero attached hydrogens (tertiary/aromatic N) is 1. The minimum atomic E-state index is -1.12. The maximum Gasteiger partial charge on any atom is 0.339 e. The van der Waals surface area contributed by atoms with Crippen LogP contribution in [0.15, 0.2) is 54.7 Å². The highest BCUT2D eigenvalue weighted by Gasteiger charge is 2.30. The van der Waals surface area contributed by atoms with Crippen LogP contribution in [-0.2, 0) is 11.2 Å². The summed E-state index contributed by atoms with van der Waals surface area (Å²) in [4.78, 5) is 29.5. The molecule has 0 bridgehead atoms. The standard InChI is InChI=1S/C21H17FN2O3/c1-12-10-16-15-4-2-3-5-18(15)23-19(16)17(21(26)27)11-24(12)20(25)13-6-8-14(22)9-7-13/h2-9,11-12,23H,10H2,1H3,(H,26,27). The summed E-state index contributed by atoms with van der Waals surface area (Å²) >= 11 is 0. The van der Waals surface area contributed by atoms with E-state index in [1.807, 2.05) is 31.2 Å². The first-order valence-corrected chi connectivity index (χ1v) is 8.59. The van der Waals surface area contributed by atoms with Crippen LogP contribution in [0.1, 0.15) is 28.5 Å². The Bertz CT molecular complexity index is 1080. The van der Waals surface area contributed by atoms with Gasteiger partial charge in [-0.2, -0.15) is 0 Å². The van der Waals surface area contributed by atoms with Crippen molar-refractivity contribution in [1.29, 1.82) is 0 Å². The largest absolute Gasteiger partial charge is 0.478 e. The van der Waals surface area contributed by atoms with Gasteiger partial charge in [-0.3, -0.25) is 4.79 Å². The summed E-state index contributed by atoms with van der Waals surface area (Å²) in [7, 11) is 0. The molecule has 1 unspecified atom stereocenters. The van der Waals surface area contributed by atoms with Gasteiger partial charge in [0.1, 0.15) is 5.82 Å². The number of hydrogen-bond acceptors (Lipinski definition) is 2. The van der Waals surface area contributed by atoms with Crippen molar-refractivity contribution in [1.82, 2.24) is 9.88 Å². The molecule has 0 saturated heterocycles. The number of aromatic nitrogens is 1. The van der Waals surface area contributed by atoms with Crippen molar-refractivity contribution in [3.8, 4) is 0 Å². The quantitative estimate of drug-likeness (QED) is 0.726. The van der Waals surface area contributed by atoms with Crippen LogP contribution < -0.4 is 0 Å². The Hall–Kier alpha value is -3.41. The molecule has 3 aromatic rings. The molecular weight excluding hydrogens is 347 g/mol. The number of carbonyl (C=O) groups is 2. The number of carboxylic acids is 1. The third-order valence-electron chi connectivity index (χ3n) is 4.88. The van der Waals surface area contributed by atoms with Crippen LogP contribution in [0.4, 0.5) is 4.39 Å². The van der Waals surface area contributed by atoms with E-state index in [4.69, 9.17) is 0 Å². The van der Waals surface area contributed by atoms with Crippen LogP contribution in [-0.4, -0.2) is 32.9 Å². The maximum atomic E-state index is 13.2. The Morgan fingerprint density at radius 3 is 2.56 bits per heavy atom. The van der Waals surface area contributed by atoms with Crippen molar-refractivity contribution in [3.05, 3.63) is 77.4 Å². The predicted molar refractivity (Wildman–Crippen MR) is 99.6 cm³/mol. The topological polar surface area (TPSA) is 73.4 Å². The molecule has 2 aromatic carbocycles. The fourth-order valence-electron chi connectivity index (χ4n) is 3.53. The number of amides is 1. The second-order valence-electron chi connectivity index (χ2n) is 6.64. The van der Waals surface area contributed by atoms with Crippen molar-refractivity contribution in [3.63, 3.8) is 0 Å². The summed E-state index contributed by atoms with van der Waals surface area (Å²) in [6.07, 6.45) is 1.87. The molecule has 136 valence electrons. The number of carboxylic acid groups (broad SMARTS) is 1. The summed E-state index contributed by atoms with van der Waals surface area (Å²) in [6, 6.07) is 12.6. The lowest BCUT2D eigenvalue weighted by Crippen LogP contribution is -2.35. The number of rotatable bonds is 2. The van der Waals surface area contributed by atoms with Crippen LogP contribution in [0.2, 0.25) is 0 Å². The van der Waals surface area contributed by atoms with Crippen LogP contribution in [0.25, 0.3) is 16.5 Å². The number of para-hydroxylation sites is 1. The van der Waals surface area contributed by atoms with Crippen molar-refractivity contribution in [2.45, 2.75) is 19.4 Å². The fraction of sp³-hybridized carbons (Fsp3) is 0.143. The summed E-state index contributed by atoms with van der Waals surface area (Å²) in [5, 5.41) is 10.7. The van der Waals surface area contributed by atoms with Crippen molar-refractivity contribution in [2.24, 2.45) is 0 Å². The molecule has 1 aromatic heterocycles. The lowest BCUT2D eigenvalue weighted by atomic mass is 10.0. The van der Waals surface area contributed by atoms with Gasteiger partial charge in [-0.1, -0.05) is 18.2 Å². The van der Waals surface area contributed by atoms with E-state index in [-0.39, 0.29) is 17.5 Å². The molecule has 2 N–H and O–H groups in total. The lowest BCUT2D eigenvalue weighted by molar-refractivity contribution is -0.130. The average Bonchev–Trinajstić information content (AvgIpc) is 2.93. The first-order valence-electron chi connectivity index (χ1n) is 8.59. The van der Waals surface area contributed by atoms with Gasteiger partial charge in [-0.15, -0.1) is 0 Å². The van der Waals surface area contributed by atoms with Crippen molar-refractivity contribution >= 4 is 28.4 Å². The zero-order valence-corrected chi connectivity index (χ0v) is 14.6. The summed E-state index contributed by atoms with van der Waals surface area (Å²) in [5.74, 6) is -1.91. The zero-order valence-electron chi connectivity index (χ0n) is 14.6. The number of hydrogen-bond donors (Lipinski definition) is 2.